The Labute approximate surface area is 101 Å². The minimum absolute atomic E-state index is 0.0761. The molecule has 2 rings (SSSR count). The molecule has 0 heterocycles. The average Bonchev–Trinajstić information content (AvgIpc) is 2.24. The highest BCUT2D eigenvalue weighted by Gasteiger charge is 2.39. The molecule has 2 nitrogen and oxygen atoms in total. The maximum atomic E-state index is 12.1. The van der Waals surface area contributed by atoms with Gasteiger partial charge in [-0.05, 0) is 31.4 Å². The van der Waals surface area contributed by atoms with Gasteiger partial charge in [-0.2, -0.15) is 0 Å². The van der Waals surface area contributed by atoms with Gasteiger partial charge in [0.05, 0.1) is 10.6 Å². The largest absolute Gasteiger partial charge is 0.378 e. The molecule has 1 aliphatic rings. The second-order valence-electron chi connectivity index (χ2n) is 4.32. The van der Waals surface area contributed by atoms with Crippen LogP contribution >= 0.6 is 11.6 Å². The van der Waals surface area contributed by atoms with E-state index in [1.54, 1.807) is 19.2 Å². The Morgan fingerprint density at radius 1 is 1.44 bits per heavy atom. The van der Waals surface area contributed by atoms with Crippen molar-refractivity contribution in [3.8, 4) is 0 Å². The lowest BCUT2D eigenvalue weighted by Crippen LogP contribution is -2.41. The Kier molecular flexibility index (Phi) is 3.31. The highest BCUT2D eigenvalue weighted by Crippen LogP contribution is 2.39. The summed E-state index contributed by atoms with van der Waals surface area (Å²) in [5.74, 6) is 0.0761. The monoisotopic (exact) mass is 238 g/mol. The van der Waals surface area contributed by atoms with E-state index in [9.17, 15) is 4.79 Å². The molecule has 1 fully saturated rings. The first-order chi connectivity index (χ1) is 7.67. The van der Waals surface area contributed by atoms with Crippen LogP contribution < -0.4 is 0 Å². The quantitative estimate of drug-likeness (QED) is 0.751. The number of hydrogen-bond donors (Lipinski definition) is 0. The molecule has 0 aliphatic heterocycles. The van der Waals surface area contributed by atoms with Gasteiger partial charge in [-0.25, -0.2) is 0 Å². The molecular formula is C13H15ClO2. The van der Waals surface area contributed by atoms with Gasteiger partial charge < -0.3 is 4.74 Å². The molecule has 1 aromatic rings. The summed E-state index contributed by atoms with van der Waals surface area (Å²) in [6.45, 7) is 0. The van der Waals surface area contributed by atoms with Gasteiger partial charge in [-0.3, -0.25) is 4.79 Å². The van der Waals surface area contributed by atoms with E-state index in [-0.39, 0.29) is 11.4 Å². The van der Waals surface area contributed by atoms with Crippen molar-refractivity contribution in [2.75, 3.05) is 7.11 Å². The van der Waals surface area contributed by atoms with E-state index in [4.69, 9.17) is 16.3 Å². The third-order valence-corrected chi connectivity index (χ3v) is 3.68. The van der Waals surface area contributed by atoms with E-state index < -0.39 is 0 Å². The molecule has 3 heteroatoms. The second-order valence-corrected chi connectivity index (χ2v) is 4.73. The molecular weight excluding hydrogens is 224 g/mol. The van der Waals surface area contributed by atoms with Crippen molar-refractivity contribution in [3.05, 3.63) is 34.9 Å². The number of halogens is 1. The number of carbonyl (C=O) groups excluding carboxylic acids is 1. The minimum atomic E-state index is -0.226. The first-order valence-electron chi connectivity index (χ1n) is 5.50. The molecule has 1 saturated carbocycles. The highest BCUT2D eigenvalue weighted by atomic mass is 35.5. The Balaban J connectivity index is 2.11. The van der Waals surface area contributed by atoms with E-state index in [2.05, 4.69) is 0 Å². The summed E-state index contributed by atoms with van der Waals surface area (Å²) in [7, 11) is 1.68. The predicted octanol–water partition coefficient (Wildman–Crippen LogP) is 3.48. The number of ether oxygens (including phenoxy) is 1. The summed E-state index contributed by atoms with van der Waals surface area (Å²) in [4.78, 5) is 12.1. The zero-order valence-electron chi connectivity index (χ0n) is 9.33. The zero-order chi connectivity index (χ0) is 11.6. The van der Waals surface area contributed by atoms with Crippen LogP contribution in [-0.2, 0) is 4.74 Å². The highest BCUT2D eigenvalue weighted by molar-refractivity contribution is 6.33. The average molecular weight is 239 g/mol. The summed E-state index contributed by atoms with van der Waals surface area (Å²) in [5.41, 5.74) is 0.378. The van der Waals surface area contributed by atoms with Crippen LogP contribution in [0.3, 0.4) is 0 Å². The van der Waals surface area contributed by atoms with Crippen LogP contribution in [0, 0.1) is 0 Å². The van der Waals surface area contributed by atoms with E-state index in [1.807, 2.05) is 12.1 Å². The first-order valence-corrected chi connectivity index (χ1v) is 5.88. The third kappa shape index (κ3) is 2.13. The van der Waals surface area contributed by atoms with Crippen LogP contribution in [0.2, 0.25) is 5.02 Å². The van der Waals surface area contributed by atoms with Crippen LogP contribution in [0.5, 0.6) is 0 Å². The van der Waals surface area contributed by atoms with Gasteiger partial charge in [-0.15, -0.1) is 0 Å². The fraction of sp³-hybridized carbons (Fsp3) is 0.462. The van der Waals surface area contributed by atoms with E-state index in [1.165, 1.54) is 0 Å². The third-order valence-electron chi connectivity index (χ3n) is 3.35. The molecule has 0 unspecified atom stereocenters. The fourth-order valence-corrected chi connectivity index (χ4v) is 2.34. The van der Waals surface area contributed by atoms with Gasteiger partial charge in [-0.1, -0.05) is 23.7 Å². The number of Topliss-reactive ketones (excluding diaryl/α,β-unsaturated/α-hetero) is 1. The summed E-state index contributed by atoms with van der Waals surface area (Å²) in [6, 6.07) is 7.18. The Morgan fingerprint density at radius 2 is 2.12 bits per heavy atom. The van der Waals surface area contributed by atoms with Crippen LogP contribution in [0.25, 0.3) is 0 Å². The summed E-state index contributed by atoms with van der Waals surface area (Å²) < 4.78 is 5.44. The topological polar surface area (TPSA) is 26.3 Å². The van der Waals surface area contributed by atoms with Crippen molar-refractivity contribution in [2.45, 2.75) is 31.3 Å². The van der Waals surface area contributed by atoms with Crippen molar-refractivity contribution >= 4 is 17.4 Å². The molecule has 16 heavy (non-hydrogen) atoms. The minimum Gasteiger partial charge on any atom is -0.378 e. The van der Waals surface area contributed by atoms with Crippen LogP contribution in [0.15, 0.2) is 24.3 Å². The standard InChI is InChI=1S/C13H15ClO2/c1-16-13(7-4-8-13)9-12(15)10-5-2-3-6-11(10)14/h2-3,5-6H,4,7-9H2,1H3. The van der Waals surface area contributed by atoms with E-state index in [0.717, 1.165) is 19.3 Å². The number of benzene rings is 1. The van der Waals surface area contributed by atoms with Crippen molar-refractivity contribution in [1.82, 2.24) is 0 Å². The molecule has 0 bridgehead atoms. The van der Waals surface area contributed by atoms with Gasteiger partial charge in [0.25, 0.3) is 0 Å². The molecule has 0 N–H and O–H groups in total. The summed E-state index contributed by atoms with van der Waals surface area (Å²) in [5, 5.41) is 0.526. The van der Waals surface area contributed by atoms with Crippen molar-refractivity contribution in [3.63, 3.8) is 0 Å². The van der Waals surface area contributed by atoms with Gasteiger partial charge in [0.2, 0.25) is 0 Å². The molecule has 0 radical (unpaired) electrons. The van der Waals surface area contributed by atoms with E-state index in [0.29, 0.717) is 17.0 Å². The summed E-state index contributed by atoms with van der Waals surface area (Å²) in [6.07, 6.45) is 3.52. The van der Waals surface area contributed by atoms with Gasteiger partial charge >= 0.3 is 0 Å². The molecule has 0 atom stereocenters. The maximum absolute atomic E-state index is 12.1. The molecule has 1 aliphatic carbocycles. The van der Waals surface area contributed by atoms with Crippen molar-refractivity contribution in [2.24, 2.45) is 0 Å². The first kappa shape index (κ1) is 11.6. The molecule has 0 amide bonds. The van der Waals surface area contributed by atoms with Crippen molar-refractivity contribution in [1.29, 1.82) is 0 Å². The number of methoxy groups -OCH3 is 1. The molecule has 0 aromatic heterocycles. The lowest BCUT2D eigenvalue weighted by molar-refractivity contribution is -0.0704. The normalized spacial score (nSPS) is 17.9. The molecule has 1 aromatic carbocycles. The van der Waals surface area contributed by atoms with Crippen molar-refractivity contribution < 1.29 is 9.53 Å². The van der Waals surface area contributed by atoms with E-state index >= 15 is 0 Å². The van der Waals surface area contributed by atoms with Gasteiger partial charge in [0.15, 0.2) is 5.78 Å². The molecule has 0 spiro atoms. The Bertz CT molecular complexity index is 391. The lowest BCUT2D eigenvalue weighted by Gasteiger charge is -2.40. The van der Waals surface area contributed by atoms with Crippen LogP contribution in [0.4, 0.5) is 0 Å². The molecule has 86 valence electrons. The Morgan fingerprint density at radius 3 is 2.62 bits per heavy atom. The van der Waals surface area contributed by atoms with Gasteiger partial charge in [0.1, 0.15) is 0 Å². The van der Waals surface area contributed by atoms with Crippen LogP contribution in [-0.4, -0.2) is 18.5 Å². The Hall–Kier alpha value is -0.860. The second kappa shape index (κ2) is 4.56. The number of carbonyl (C=O) groups is 1. The smallest absolute Gasteiger partial charge is 0.167 e. The SMILES string of the molecule is COC1(CC(=O)c2ccccc2Cl)CCC1. The lowest BCUT2D eigenvalue weighted by atomic mass is 9.76. The number of hydrogen-bond acceptors (Lipinski definition) is 2. The summed E-state index contributed by atoms with van der Waals surface area (Å²) >= 11 is 5.99. The number of rotatable bonds is 4. The van der Waals surface area contributed by atoms with Crippen LogP contribution in [0.1, 0.15) is 36.0 Å². The fourth-order valence-electron chi connectivity index (χ4n) is 2.10. The predicted molar refractivity (Wildman–Crippen MR) is 64.0 cm³/mol. The maximum Gasteiger partial charge on any atom is 0.167 e. The molecule has 0 saturated heterocycles. The zero-order valence-corrected chi connectivity index (χ0v) is 10.1. The number of ketones is 1. The van der Waals surface area contributed by atoms with Gasteiger partial charge in [0, 0.05) is 19.1 Å².